The lowest BCUT2D eigenvalue weighted by Gasteiger charge is -2.35. The predicted molar refractivity (Wildman–Crippen MR) is 133 cm³/mol. The van der Waals surface area contributed by atoms with E-state index in [4.69, 9.17) is 4.74 Å². The SMILES string of the molecule is C[C@@H]1CN(S(=O)(=O)c2cccc(C(=O)N3CCN(S(=O)(=O)c4ccc(OC(F)(F)F)cc4)CC3)c2)C[C@@H](C)O1. The maximum absolute atomic E-state index is 13.2. The number of alkyl halides is 3. The molecule has 39 heavy (non-hydrogen) atoms. The average molecular weight is 592 g/mol. The molecular weight excluding hydrogens is 563 g/mol. The summed E-state index contributed by atoms with van der Waals surface area (Å²) < 4.78 is 101. The molecule has 2 aliphatic heterocycles. The molecule has 2 aromatic rings. The van der Waals surface area contributed by atoms with Gasteiger partial charge in [-0.3, -0.25) is 4.79 Å². The van der Waals surface area contributed by atoms with E-state index >= 15 is 0 Å². The van der Waals surface area contributed by atoms with Gasteiger partial charge in [-0.15, -0.1) is 13.2 Å². The Hall–Kier alpha value is -2.72. The highest BCUT2D eigenvalue weighted by molar-refractivity contribution is 7.89. The summed E-state index contributed by atoms with van der Waals surface area (Å²) in [7, 11) is -7.88. The summed E-state index contributed by atoms with van der Waals surface area (Å²) >= 11 is 0. The first-order valence-corrected chi connectivity index (χ1v) is 15.0. The highest BCUT2D eigenvalue weighted by Crippen LogP contribution is 2.26. The minimum Gasteiger partial charge on any atom is -0.406 e. The van der Waals surface area contributed by atoms with Crippen LogP contribution in [-0.4, -0.2) is 94.1 Å². The molecule has 2 heterocycles. The van der Waals surface area contributed by atoms with E-state index in [2.05, 4.69) is 4.74 Å². The number of hydrogen-bond acceptors (Lipinski definition) is 7. The van der Waals surface area contributed by atoms with Crippen LogP contribution in [0.2, 0.25) is 0 Å². The predicted octanol–water partition coefficient (Wildman–Crippen LogP) is 2.53. The number of sulfonamides is 2. The van der Waals surface area contributed by atoms with Crippen LogP contribution >= 0.6 is 0 Å². The number of morpholine rings is 1. The van der Waals surface area contributed by atoms with Gasteiger partial charge in [-0.2, -0.15) is 8.61 Å². The molecule has 0 saturated carbocycles. The van der Waals surface area contributed by atoms with Crippen molar-refractivity contribution in [1.29, 1.82) is 0 Å². The minimum atomic E-state index is -4.90. The van der Waals surface area contributed by atoms with Crippen molar-refractivity contribution >= 4 is 26.0 Å². The molecule has 1 amide bonds. The fourth-order valence-electron chi connectivity index (χ4n) is 4.54. The summed E-state index contributed by atoms with van der Waals surface area (Å²) in [6, 6.07) is 9.60. The molecule has 10 nitrogen and oxygen atoms in total. The maximum atomic E-state index is 13.2. The summed E-state index contributed by atoms with van der Waals surface area (Å²) in [5, 5.41) is 0. The highest BCUT2D eigenvalue weighted by atomic mass is 32.2. The van der Waals surface area contributed by atoms with E-state index in [0.717, 1.165) is 28.6 Å². The average Bonchev–Trinajstić information content (AvgIpc) is 2.87. The van der Waals surface area contributed by atoms with Gasteiger partial charge < -0.3 is 14.4 Å². The Labute approximate surface area is 225 Å². The molecule has 2 atom stereocenters. The molecule has 0 N–H and O–H groups in total. The van der Waals surface area contributed by atoms with Crippen LogP contribution in [-0.2, 0) is 24.8 Å². The van der Waals surface area contributed by atoms with E-state index < -0.39 is 38.1 Å². The van der Waals surface area contributed by atoms with Crippen LogP contribution < -0.4 is 4.74 Å². The molecule has 15 heteroatoms. The Morgan fingerprint density at radius 2 is 1.41 bits per heavy atom. The van der Waals surface area contributed by atoms with Crippen molar-refractivity contribution in [2.45, 2.75) is 42.2 Å². The normalized spacial score (nSPS) is 22.0. The van der Waals surface area contributed by atoms with E-state index in [1.807, 2.05) is 0 Å². The number of carbonyl (C=O) groups is 1. The van der Waals surface area contributed by atoms with Crippen LogP contribution in [0.5, 0.6) is 5.75 Å². The van der Waals surface area contributed by atoms with Crippen LogP contribution in [0.3, 0.4) is 0 Å². The quantitative estimate of drug-likeness (QED) is 0.507. The molecule has 214 valence electrons. The van der Waals surface area contributed by atoms with Crippen molar-refractivity contribution in [3.05, 3.63) is 54.1 Å². The van der Waals surface area contributed by atoms with Gasteiger partial charge in [-0.05, 0) is 56.3 Å². The maximum Gasteiger partial charge on any atom is 0.573 e. The van der Waals surface area contributed by atoms with Crippen molar-refractivity contribution in [2.75, 3.05) is 39.3 Å². The molecule has 0 spiro atoms. The molecule has 2 aromatic carbocycles. The molecule has 0 unspecified atom stereocenters. The first kappa shape index (κ1) is 29.3. The van der Waals surface area contributed by atoms with Crippen LogP contribution in [0.1, 0.15) is 24.2 Å². The number of rotatable bonds is 6. The third-order valence-electron chi connectivity index (χ3n) is 6.33. The number of amides is 1. The molecular formula is C24H28F3N3O7S2. The zero-order chi connectivity index (χ0) is 28.6. The van der Waals surface area contributed by atoms with Crippen molar-refractivity contribution in [1.82, 2.24) is 13.5 Å². The number of nitrogens with zero attached hydrogens (tertiary/aromatic N) is 3. The number of hydrogen-bond donors (Lipinski definition) is 0. The highest BCUT2D eigenvalue weighted by Gasteiger charge is 2.35. The molecule has 2 fully saturated rings. The fraction of sp³-hybridized carbons (Fsp3) is 0.458. The van der Waals surface area contributed by atoms with Gasteiger partial charge in [0.15, 0.2) is 0 Å². The molecule has 0 aliphatic carbocycles. The van der Waals surface area contributed by atoms with Crippen LogP contribution in [0.4, 0.5) is 13.2 Å². The largest absolute Gasteiger partial charge is 0.573 e. The minimum absolute atomic E-state index is 0.0196. The van der Waals surface area contributed by atoms with E-state index in [1.54, 1.807) is 13.8 Å². The summed E-state index contributed by atoms with van der Waals surface area (Å²) in [6.07, 6.45) is -5.44. The lowest BCUT2D eigenvalue weighted by Crippen LogP contribution is -2.50. The zero-order valence-corrected chi connectivity index (χ0v) is 22.8. The molecule has 2 aliphatic rings. The molecule has 0 bridgehead atoms. The van der Waals surface area contributed by atoms with Gasteiger partial charge >= 0.3 is 6.36 Å². The van der Waals surface area contributed by atoms with E-state index in [1.165, 1.54) is 33.5 Å². The summed E-state index contributed by atoms with van der Waals surface area (Å²) in [5.41, 5.74) is 0.155. The molecule has 2 saturated heterocycles. The number of piperazine rings is 1. The van der Waals surface area contributed by atoms with Gasteiger partial charge in [0, 0.05) is 44.8 Å². The Balaban J connectivity index is 1.42. The van der Waals surface area contributed by atoms with Crippen molar-refractivity contribution in [3.8, 4) is 5.75 Å². The Bertz CT molecular complexity index is 1400. The summed E-state index contributed by atoms with van der Waals surface area (Å²) in [5.74, 6) is -0.986. The topological polar surface area (TPSA) is 114 Å². The van der Waals surface area contributed by atoms with Gasteiger partial charge in [-0.25, -0.2) is 16.8 Å². The number of carbonyl (C=O) groups excluding carboxylic acids is 1. The standard InChI is InChI=1S/C24H28F3N3O7S2/c1-17-15-30(16-18(2)36-17)39(34,35)22-5-3-4-19(14-22)23(31)28-10-12-29(13-11-28)38(32,33)21-8-6-20(7-9-21)37-24(25,26)27/h3-9,14,17-18H,10-13,15-16H2,1-2H3/t17-,18-/m1/s1. The van der Waals surface area contributed by atoms with Crippen LogP contribution in [0.15, 0.2) is 58.3 Å². The first-order chi connectivity index (χ1) is 18.2. The van der Waals surface area contributed by atoms with E-state index in [0.29, 0.717) is 0 Å². The third-order valence-corrected chi connectivity index (χ3v) is 10.1. The van der Waals surface area contributed by atoms with Crippen molar-refractivity contribution < 1.29 is 44.3 Å². The monoisotopic (exact) mass is 591 g/mol. The Morgan fingerprint density at radius 1 is 0.846 bits per heavy atom. The van der Waals surface area contributed by atoms with Crippen LogP contribution in [0, 0.1) is 0 Å². The van der Waals surface area contributed by atoms with Crippen molar-refractivity contribution in [2.24, 2.45) is 0 Å². The van der Waals surface area contributed by atoms with Gasteiger partial charge in [0.1, 0.15) is 5.75 Å². The lowest BCUT2D eigenvalue weighted by molar-refractivity contribution is -0.274. The van der Waals surface area contributed by atoms with E-state index in [-0.39, 0.29) is 66.8 Å². The fourth-order valence-corrected chi connectivity index (χ4v) is 7.60. The smallest absolute Gasteiger partial charge is 0.406 e. The van der Waals surface area contributed by atoms with Crippen LogP contribution in [0.25, 0.3) is 0 Å². The Morgan fingerprint density at radius 3 is 1.97 bits per heavy atom. The second kappa shape index (κ2) is 11.0. The summed E-state index contributed by atoms with van der Waals surface area (Å²) in [6.45, 7) is 3.96. The number of benzene rings is 2. The molecule has 4 rings (SSSR count). The van der Waals surface area contributed by atoms with Crippen molar-refractivity contribution in [3.63, 3.8) is 0 Å². The number of halogens is 3. The number of ether oxygens (including phenoxy) is 2. The second-order valence-electron chi connectivity index (χ2n) is 9.32. The van der Waals surface area contributed by atoms with Gasteiger partial charge in [0.05, 0.1) is 22.0 Å². The van der Waals surface area contributed by atoms with E-state index in [9.17, 15) is 34.8 Å². The Kier molecular flexibility index (Phi) is 8.28. The van der Waals surface area contributed by atoms with Gasteiger partial charge in [0.25, 0.3) is 5.91 Å². The van der Waals surface area contributed by atoms with Gasteiger partial charge in [0.2, 0.25) is 20.0 Å². The van der Waals surface area contributed by atoms with Gasteiger partial charge in [-0.1, -0.05) is 6.07 Å². The molecule has 0 aromatic heterocycles. The third kappa shape index (κ3) is 6.72. The second-order valence-corrected chi connectivity index (χ2v) is 13.2. The zero-order valence-electron chi connectivity index (χ0n) is 21.2. The summed E-state index contributed by atoms with van der Waals surface area (Å²) in [4.78, 5) is 14.4. The first-order valence-electron chi connectivity index (χ1n) is 12.1. The molecule has 0 radical (unpaired) electrons. The lowest BCUT2D eigenvalue weighted by atomic mass is 10.2.